The van der Waals surface area contributed by atoms with Gasteiger partial charge in [-0.15, -0.1) is 0 Å². The Kier molecular flexibility index (Phi) is 4.47. The van der Waals surface area contributed by atoms with Crippen molar-refractivity contribution in [3.8, 4) is 5.75 Å². The molecule has 3 nitrogen and oxygen atoms in total. The number of nitrogens with one attached hydrogen (secondary N) is 1. The first-order valence-electron chi connectivity index (χ1n) is 9.77. The highest BCUT2D eigenvalue weighted by Gasteiger charge is 2.34. The van der Waals surface area contributed by atoms with Gasteiger partial charge >= 0.3 is 0 Å². The van der Waals surface area contributed by atoms with Crippen molar-refractivity contribution in [2.24, 2.45) is 11.8 Å². The van der Waals surface area contributed by atoms with Crippen molar-refractivity contribution in [2.45, 2.75) is 51.4 Å². The number of carbonyl (C=O) groups is 1. The number of rotatable bonds is 6. The van der Waals surface area contributed by atoms with Crippen LogP contribution in [0.4, 0.5) is 5.69 Å². The molecule has 0 aliphatic heterocycles. The Labute approximate surface area is 155 Å². The molecular weight excluding hydrogens is 322 g/mol. The van der Waals surface area contributed by atoms with Gasteiger partial charge in [0.2, 0.25) is 0 Å². The highest BCUT2D eigenvalue weighted by molar-refractivity contribution is 6.04. The summed E-state index contributed by atoms with van der Waals surface area (Å²) in [6.45, 7) is 4.39. The highest BCUT2D eigenvalue weighted by atomic mass is 16.3. The first-order valence-corrected chi connectivity index (χ1v) is 9.77. The minimum atomic E-state index is -0.105. The van der Waals surface area contributed by atoms with Gasteiger partial charge < -0.3 is 10.4 Å². The van der Waals surface area contributed by atoms with Crippen molar-refractivity contribution in [1.29, 1.82) is 0 Å². The first-order chi connectivity index (χ1) is 12.5. The molecule has 4 rings (SSSR count). The SMILES string of the molecule is C[C@@H](c1cc(NC(=O)c2ccccc2)cc([C@H](C)C2CC2)c1O)C1CC1. The van der Waals surface area contributed by atoms with Gasteiger partial charge in [-0.05, 0) is 84.7 Å². The van der Waals surface area contributed by atoms with Crippen molar-refractivity contribution in [2.75, 3.05) is 5.32 Å². The van der Waals surface area contributed by atoms with Gasteiger partial charge in [-0.2, -0.15) is 0 Å². The third-order valence-corrected chi connectivity index (χ3v) is 6.10. The summed E-state index contributed by atoms with van der Waals surface area (Å²) >= 11 is 0. The lowest BCUT2D eigenvalue weighted by Crippen LogP contribution is -2.13. The Hall–Kier alpha value is -2.29. The molecule has 2 aromatic carbocycles. The van der Waals surface area contributed by atoms with Crippen LogP contribution in [0.1, 0.15) is 72.9 Å². The summed E-state index contributed by atoms with van der Waals surface area (Å²) in [6.07, 6.45) is 4.92. The van der Waals surface area contributed by atoms with Gasteiger partial charge in [0.05, 0.1) is 0 Å². The summed E-state index contributed by atoms with van der Waals surface area (Å²) in [5, 5.41) is 14.0. The zero-order chi connectivity index (χ0) is 18.3. The summed E-state index contributed by atoms with van der Waals surface area (Å²) in [5.41, 5.74) is 3.41. The minimum absolute atomic E-state index is 0.105. The van der Waals surface area contributed by atoms with Crippen LogP contribution in [0.3, 0.4) is 0 Å². The highest BCUT2D eigenvalue weighted by Crippen LogP contribution is 2.50. The van der Waals surface area contributed by atoms with E-state index in [0.29, 0.717) is 35.0 Å². The van der Waals surface area contributed by atoms with Crippen LogP contribution in [0, 0.1) is 11.8 Å². The molecule has 0 aromatic heterocycles. The summed E-state index contributed by atoms with van der Waals surface area (Å²) in [6, 6.07) is 13.2. The fourth-order valence-corrected chi connectivity index (χ4v) is 3.94. The lowest BCUT2D eigenvalue weighted by Gasteiger charge is -2.21. The molecule has 2 aliphatic carbocycles. The van der Waals surface area contributed by atoms with Gasteiger partial charge in [0.15, 0.2) is 0 Å². The van der Waals surface area contributed by atoms with Crippen LogP contribution in [0.2, 0.25) is 0 Å². The molecule has 2 N–H and O–H groups in total. The number of hydrogen-bond acceptors (Lipinski definition) is 2. The van der Waals surface area contributed by atoms with E-state index in [2.05, 4.69) is 19.2 Å². The molecule has 2 aromatic rings. The lowest BCUT2D eigenvalue weighted by atomic mass is 9.87. The van der Waals surface area contributed by atoms with Crippen LogP contribution in [-0.4, -0.2) is 11.0 Å². The normalized spacial score (nSPS) is 19.0. The maximum atomic E-state index is 12.6. The van der Waals surface area contributed by atoms with E-state index < -0.39 is 0 Å². The van der Waals surface area contributed by atoms with Crippen LogP contribution >= 0.6 is 0 Å². The molecule has 0 bridgehead atoms. The molecular formula is C23H27NO2. The molecule has 26 heavy (non-hydrogen) atoms. The number of benzene rings is 2. The number of phenolic OH excluding ortho intramolecular Hbond substituents is 1. The zero-order valence-corrected chi connectivity index (χ0v) is 15.5. The first kappa shape index (κ1) is 17.1. The third-order valence-electron chi connectivity index (χ3n) is 6.10. The second kappa shape index (κ2) is 6.79. The van der Waals surface area contributed by atoms with E-state index in [9.17, 15) is 9.90 Å². The molecule has 0 unspecified atom stereocenters. The molecule has 3 heteroatoms. The molecule has 0 saturated heterocycles. The number of carbonyl (C=O) groups excluding carboxylic acids is 1. The van der Waals surface area contributed by atoms with Crippen LogP contribution in [0.5, 0.6) is 5.75 Å². The van der Waals surface area contributed by atoms with E-state index in [0.717, 1.165) is 16.8 Å². The molecule has 0 heterocycles. The fraction of sp³-hybridized carbons (Fsp3) is 0.435. The van der Waals surface area contributed by atoms with Crippen LogP contribution < -0.4 is 5.32 Å². The van der Waals surface area contributed by atoms with Crippen LogP contribution in [0.15, 0.2) is 42.5 Å². The van der Waals surface area contributed by atoms with E-state index in [-0.39, 0.29) is 5.91 Å². The van der Waals surface area contributed by atoms with Gasteiger partial charge in [-0.3, -0.25) is 4.79 Å². The second-order valence-electron chi connectivity index (χ2n) is 8.08. The average Bonchev–Trinajstić information content (AvgIpc) is 3.55. The molecule has 0 radical (unpaired) electrons. The number of phenols is 1. The molecule has 0 spiro atoms. The standard InChI is InChI=1S/C23H27NO2/c1-14(16-8-9-16)20-12-19(24-23(26)18-6-4-3-5-7-18)13-21(22(20)25)15(2)17-10-11-17/h3-7,12-17,25H,8-11H2,1-2H3,(H,24,26)/t14-,15-/m1/s1. The molecule has 2 aliphatic rings. The molecule has 2 atom stereocenters. The number of aromatic hydroxyl groups is 1. The smallest absolute Gasteiger partial charge is 0.255 e. The molecule has 136 valence electrons. The van der Waals surface area contributed by atoms with Gasteiger partial charge in [0.25, 0.3) is 5.91 Å². The molecule has 2 fully saturated rings. The predicted molar refractivity (Wildman–Crippen MR) is 105 cm³/mol. The van der Waals surface area contributed by atoms with E-state index in [1.807, 2.05) is 42.5 Å². The topological polar surface area (TPSA) is 49.3 Å². The van der Waals surface area contributed by atoms with Gasteiger partial charge in [-0.1, -0.05) is 32.0 Å². The van der Waals surface area contributed by atoms with Crippen molar-refractivity contribution < 1.29 is 9.90 Å². The van der Waals surface area contributed by atoms with E-state index in [1.165, 1.54) is 25.7 Å². The molecule has 2 saturated carbocycles. The lowest BCUT2D eigenvalue weighted by molar-refractivity contribution is 0.102. The van der Waals surface area contributed by atoms with Crippen molar-refractivity contribution in [3.63, 3.8) is 0 Å². The van der Waals surface area contributed by atoms with E-state index in [1.54, 1.807) is 0 Å². The summed E-state index contributed by atoms with van der Waals surface area (Å²) in [5.74, 6) is 2.31. The monoisotopic (exact) mass is 349 g/mol. The largest absolute Gasteiger partial charge is 0.507 e. The summed E-state index contributed by atoms with van der Waals surface area (Å²) in [7, 11) is 0. The Morgan fingerprint density at radius 1 is 0.962 bits per heavy atom. The van der Waals surface area contributed by atoms with Gasteiger partial charge in [0.1, 0.15) is 5.75 Å². The Morgan fingerprint density at radius 2 is 1.46 bits per heavy atom. The maximum Gasteiger partial charge on any atom is 0.255 e. The summed E-state index contributed by atoms with van der Waals surface area (Å²) in [4.78, 5) is 12.6. The van der Waals surface area contributed by atoms with Gasteiger partial charge in [-0.25, -0.2) is 0 Å². The Morgan fingerprint density at radius 3 is 1.92 bits per heavy atom. The van der Waals surface area contributed by atoms with Crippen molar-refractivity contribution in [1.82, 2.24) is 0 Å². The molecule has 1 amide bonds. The number of amides is 1. The number of anilines is 1. The minimum Gasteiger partial charge on any atom is -0.507 e. The van der Waals surface area contributed by atoms with E-state index >= 15 is 0 Å². The summed E-state index contributed by atoms with van der Waals surface area (Å²) < 4.78 is 0. The maximum absolute atomic E-state index is 12.6. The fourth-order valence-electron chi connectivity index (χ4n) is 3.94. The zero-order valence-electron chi connectivity index (χ0n) is 15.5. The van der Waals surface area contributed by atoms with Crippen molar-refractivity contribution in [3.05, 3.63) is 59.2 Å². The average molecular weight is 349 g/mol. The predicted octanol–water partition coefficient (Wildman–Crippen LogP) is 5.67. The quantitative estimate of drug-likeness (QED) is 0.660. The van der Waals surface area contributed by atoms with Crippen LogP contribution in [-0.2, 0) is 0 Å². The Bertz CT molecular complexity index is 767. The van der Waals surface area contributed by atoms with Crippen molar-refractivity contribution >= 4 is 11.6 Å². The Balaban J connectivity index is 1.67. The van der Waals surface area contributed by atoms with Crippen LogP contribution in [0.25, 0.3) is 0 Å². The van der Waals surface area contributed by atoms with E-state index in [4.69, 9.17) is 0 Å². The van der Waals surface area contributed by atoms with Gasteiger partial charge in [0, 0.05) is 11.3 Å². The third kappa shape index (κ3) is 3.48. The second-order valence-corrected chi connectivity index (χ2v) is 8.08. The number of hydrogen-bond donors (Lipinski definition) is 2.